The van der Waals surface area contributed by atoms with Crippen molar-refractivity contribution in [1.82, 2.24) is 0 Å². The van der Waals surface area contributed by atoms with E-state index < -0.39 is 5.97 Å². The van der Waals surface area contributed by atoms with E-state index in [1.165, 1.54) is 0 Å². The number of rotatable bonds is 8. The van der Waals surface area contributed by atoms with Crippen molar-refractivity contribution >= 4 is 5.97 Å². The largest absolute Gasteiger partial charge is 0.490 e. The molecule has 0 amide bonds. The maximum atomic E-state index is 10.6. The first-order valence-corrected chi connectivity index (χ1v) is 7.26. The van der Waals surface area contributed by atoms with Crippen LogP contribution in [0.1, 0.15) is 17.5 Å². The van der Waals surface area contributed by atoms with Crippen LogP contribution in [0.3, 0.4) is 0 Å². The summed E-state index contributed by atoms with van der Waals surface area (Å²) in [6.45, 7) is 2.92. The lowest BCUT2D eigenvalue weighted by molar-refractivity contribution is -0.136. The zero-order valence-electron chi connectivity index (χ0n) is 12.6. The molecule has 0 aliphatic carbocycles. The number of aryl methyl sites for hydroxylation is 2. The molecule has 4 heteroatoms. The van der Waals surface area contributed by atoms with Gasteiger partial charge in [-0.25, -0.2) is 0 Å². The number of hydrogen-bond donors (Lipinski definition) is 1. The topological polar surface area (TPSA) is 55.8 Å². The molecule has 1 N–H and O–H groups in total. The molecule has 0 heterocycles. The van der Waals surface area contributed by atoms with Crippen molar-refractivity contribution < 1.29 is 19.4 Å². The first-order chi connectivity index (χ1) is 10.6. The Labute approximate surface area is 130 Å². The number of ether oxygens (including phenoxy) is 2. The first-order valence-electron chi connectivity index (χ1n) is 7.26. The van der Waals surface area contributed by atoms with E-state index >= 15 is 0 Å². The molecular formula is C18H20O4. The molecule has 4 nitrogen and oxygen atoms in total. The molecule has 2 rings (SSSR count). The second-order valence-electron chi connectivity index (χ2n) is 5.05. The minimum atomic E-state index is -0.794. The summed E-state index contributed by atoms with van der Waals surface area (Å²) in [7, 11) is 0. The molecule has 0 unspecified atom stereocenters. The molecule has 0 aliphatic heterocycles. The van der Waals surface area contributed by atoms with Gasteiger partial charge in [0.25, 0.3) is 0 Å². The van der Waals surface area contributed by atoms with Gasteiger partial charge in [-0.3, -0.25) is 4.79 Å². The third-order valence-electron chi connectivity index (χ3n) is 3.14. The van der Waals surface area contributed by atoms with E-state index in [9.17, 15) is 4.79 Å². The van der Waals surface area contributed by atoms with Crippen LogP contribution in [0.5, 0.6) is 11.5 Å². The van der Waals surface area contributed by atoms with Gasteiger partial charge in [-0.05, 0) is 48.7 Å². The van der Waals surface area contributed by atoms with Crippen LogP contribution in [0.15, 0.2) is 48.5 Å². The summed E-state index contributed by atoms with van der Waals surface area (Å²) in [5.74, 6) is 0.771. The lowest BCUT2D eigenvalue weighted by Gasteiger charge is -2.09. The fourth-order valence-corrected chi connectivity index (χ4v) is 2.07. The van der Waals surface area contributed by atoms with Crippen molar-refractivity contribution in [3.63, 3.8) is 0 Å². The van der Waals surface area contributed by atoms with Crippen LogP contribution >= 0.6 is 0 Å². The molecule has 0 fully saturated rings. The predicted octanol–water partition coefficient (Wildman–Crippen LogP) is 3.47. The summed E-state index contributed by atoms with van der Waals surface area (Å²) in [4.78, 5) is 10.6. The molecule has 0 atom stereocenters. The number of carbonyl (C=O) groups is 1. The van der Waals surface area contributed by atoms with Crippen molar-refractivity contribution in [2.75, 3.05) is 13.2 Å². The highest BCUT2D eigenvalue weighted by atomic mass is 16.5. The Morgan fingerprint density at radius 1 is 1.00 bits per heavy atom. The van der Waals surface area contributed by atoms with Gasteiger partial charge >= 0.3 is 5.97 Å². The zero-order valence-corrected chi connectivity index (χ0v) is 12.6. The Morgan fingerprint density at radius 2 is 1.64 bits per heavy atom. The summed E-state index contributed by atoms with van der Waals surface area (Å²) >= 11 is 0. The number of aliphatic carboxylic acids is 1. The number of carboxylic acid groups (broad SMARTS) is 1. The first kappa shape index (κ1) is 15.9. The van der Waals surface area contributed by atoms with Crippen LogP contribution < -0.4 is 9.47 Å². The van der Waals surface area contributed by atoms with Crippen molar-refractivity contribution in [2.45, 2.75) is 19.8 Å². The Bertz CT molecular complexity index is 622. The summed E-state index contributed by atoms with van der Waals surface area (Å²) in [6.07, 6.45) is 0.631. The number of hydrogen-bond acceptors (Lipinski definition) is 3. The average molecular weight is 300 g/mol. The Balaban J connectivity index is 1.77. The molecule has 116 valence electrons. The van der Waals surface area contributed by atoms with E-state index in [2.05, 4.69) is 0 Å². The van der Waals surface area contributed by atoms with Crippen molar-refractivity contribution in [1.29, 1.82) is 0 Å². The second-order valence-corrected chi connectivity index (χ2v) is 5.05. The molecule has 0 aromatic heterocycles. The molecule has 2 aromatic rings. The molecule has 0 saturated carbocycles. The predicted molar refractivity (Wildman–Crippen MR) is 84.6 cm³/mol. The van der Waals surface area contributed by atoms with Crippen molar-refractivity contribution in [3.8, 4) is 11.5 Å². The van der Waals surface area contributed by atoms with E-state index in [1.807, 2.05) is 55.5 Å². The van der Waals surface area contributed by atoms with E-state index in [0.29, 0.717) is 19.6 Å². The van der Waals surface area contributed by atoms with Crippen LogP contribution in [-0.2, 0) is 11.2 Å². The second kappa shape index (κ2) is 8.08. The smallest absolute Gasteiger partial charge is 0.303 e. The average Bonchev–Trinajstić information content (AvgIpc) is 2.50. The monoisotopic (exact) mass is 300 g/mol. The zero-order chi connectivity index (χ0) is 15.8. The lowest BCUT2D eigenvalue weighted by atomic mass is 10.1. The van der Waals surface area contributed by atoms with Crippen LogP contribution in [0, 0.1) is 6.92 Å². The van der Waals surface area contributed by atoms with Gasteiger partial charge in [-0.1, -0.05) is 24.3 Å². The number of carboxylic acids is 1. The minimum absolute atomic E-state index is 0.125. The Hall–Kier alpha value is -2.49. The van der Waals surface area contributed by atoms with Gasteiger partial charge in [-0.2, -0.15) is 0 Å². The summed E-state index contributed by atoms with van der Waals surface area (Å²) in [5, 5.41) is 8.70. The van der Waals surface area contributed by atoms with Crippen molar-refractivity contribution in [2.24, 2.45) is 0 Å². The molecule has 0 bridgehead atoms. The summed E-state index contributed by atoms with van der Waals surface area (Å²) in [5.41, 5.74) is 2.11. The van der Waals surface area contributed by atoms with E-state index in [4.69, 9.17) is 14.6 Å². The molecule has 2 aromatic carbocycles. The molecule has 0 radical (unpaired) electrons. The highest BCUT2D eigenvalue weighted by molar-refractivity contribution is 5.67. The van der Waals surface area contributed by atoms with Gasteiger partial charge in [0, 0.05) is 6.42 Å². The lowest BCUT2D eigenvalue weighted by Crippen LogP contribution is -2.09. The Morgan fingerprint density at radius 3 is 2.27 bits per heavy atom. The van der Waals surface area contributed by atoms with Crippen LogP contribution in [-0.4, -0.2) is 24.3 Å². The van der Waals surface area contributed by atoms with Gasteiger partial charge in [0.1, 0.15) is 24.7 Å². The SMILES string of the molecule is Cc1cccc(OCCOc2cccc(CCC(=O)O)c2)c1. The van der Waals surface area contributed by atoms with E-state index in [-0.39, 0.29) is 6.42 Å². The van der Waals surface area contributed by atoms with Gasteiger partial charge < -0.3 is 14.6 Å². The summed E-state index contributed by atoms with van der Waals surface area (Å²) in [6, 6.07) is 15.4. The third kappa shape index (κ3) is 5.48. The van der Waals surface area contributed by atoms with Crippen LogP contribution in [0.4, 0.5) is 0 Å². The maximum absolute atomic E-state index is 10.6. The maximum Gasteiger partial charge on any atom is 0.303 e. The third-order valence-corrected chi connectivity index (χ3v) is 3.14. The fourth-order valence-electron chi connectivity index (χ4n) is 2.07. The highest BCUT2D eigenvalue weighted by Gasteiger charge is 2.01. The van der Waals surface area contributed by atoms with Gasteiger partial charge in [-0.15, -0.1) is 0 Å². The quantitative estimate of drug-likeness (QED) is 0.758. The van der Waals surface area contributed by atoms with Crippen LogP contribution in [0.2, 0.25) is 0 Å². The molecular weight excluding hydrogens is 280 g/mol. The minimum Gasteiger partial charge on any atom is -0.490 e. The van der Waals surface area contributed by atoms with Gasteiger partial charge in [0.05, 0.1) is 0 Å². The van der Waals surface area contributed by atoms with E-state index in [1.54, 1.807) is 0 Å². The van der Waals surface area contributed by atoms with Crippen molar-refractivity contribution in [3.05, 3.63) is 59.7 Å². The summed E-state index contributed by atoms with van der Waals surface area (Å²) < 4.78 is 11.2. The van der Waals surface area contributed by atoms with Crippen LogP contribution in [0.25, 0.3) is 0 Å². The normalized spacial score (nSPS) is 10.2. The van der Waals surface area contributed by atoms with Gasteiger partial charge in [0.15, 0.2) is 0 Å². The number of benzene rings is 2. The Kier molecular flexibility index (Phi) is 5.83. The molecule has 0 aliphatic rings. The molecule has 22 heavy (non-hydrogen) atoms. The molecule has 0 saturated heterocycles. The fraction of sp³-hybridized carbons (Fsp3) is 0.278. The standard InChI is InChI=1S/C18H20O4/c1-14-4-2-6-16(12-14)21-10-11-22-17-7-3-5-15(13-17)8-9-18(19)20/h2-7,12-13H,8-11H2,1H3,(H,19,20). The highest BCUT2D eigenvalue weighted by Crippen LogP contribution is 2.15. The van der Waals surface area contributed by atoms with Gasteiger partial charge in [0.2, 0.25) is 0 Å². The van der Waals surface area contributed by atoms with E-state index in [0.717, 1.165) is 22.6 Å². The molecule has 0 spiro atoms.